The molecule has 5 nitrogen and oxygen atoms in total. The van der Waals surface area contributed by atoms with Crippen LogP contribution in [0, 0.1) is 0 Å². The third kappa shape index (κ3) is 4.69. The van der Waals surface area contributed by atoms with Gasteiger partial charge in [-0.15, -0.1) is 0 Å². The summed E-state index contributed by atoms with van der Waals surface area (Å²) >= 11 is 0. The average molecular weight is 332 g/mol. The Morgan fingerprint density at radius 3 is 2.62 bits per heavy atom. The summed E-state index contributed by atoms with van der Waals surface area (Å²) in [7, 11) is 1.54. The van der Waals surface area contributed by atoms with Gasteiger partial charge in [-0.1, -0.05) is 12.1 Å². The lowest BCUT2D eigenvalue weighted by molar-refractivity contribution is -0.123. The van der Waals surface area contributed by atoms with E-state index in [0.717, 1.165) is 25.0 Å². The van der Waals surface area contributed by atoms with Crippen molar-refractivity contribution < 1.29 is 17.9 Å². The monoisotopic (exact) mass is 331 g/mol. The van der Waals surface area contributed by atoms with Gasteiger partial charge in [0.05, 0.1) is 23.5 Å². The molecule has 1 heterocycles. The Morgan fingerprint density at radius 2 is 2.10 bits per heavy atom. The Kier molecular flexibility index (Phi) is 5.24. The molecule has 7 heteroatoms. The summed E-state index contributed by atoms with van der Waals surface area (Å²) in [5.74, 6) is -0.0663. The minimum atomic E-state index is -3.72. The zero-order valence-electron chi connectivity index (χ0n) is 11.7. The highest BCUT2D eigenvalue weighted by Gasteiger charge is 2.20. The summed E-state index contributed by atoms with van der Waals surface area (Å²) in [5.41, 5.74) is 0.819. The molecule has 0 radical (unpaired) electrons. The molecule has 0 saturated carbocycles. The quantitative estimate of drug-likeness (QED) is 0.841. The van der Waals surface area contributed by atoms with Crippen LogP contribution < -0.4 is 5.32 Å². The molecule has 1 aliphatic heterocycles. The van der Waals surface area contributed by atoms with Crippen molar-refractivity contribution >= 4 is 25.6 Å². The summed E-state index contributed by atoms with van der Waals surface area (Å²) < 4.78 is 27.8. The topological polar surface area (TPSA) is 72.5 Å². The Hall–Kier alpha value is -1.11. The molecule has 1 amide bonds. The van der Waals surface area contributed by atoms with Crippen LogP contribution in [0.5, 0.6) is 0 Å². The average Bonchev–Trinajstić information content (AvgIpc) is 2.90. The van der Waals surface area contributed by atoms with Crippen LogP contribution in [0.1, 0.15) is 37.8 Å². The van der Waals surface area contributed by atoms with Crippen LogP contribution in [0.25, 0.3) is 0 Å². The summed E-state index contributed by atoms with van der Waals surface area (Å²) in [5, 5.41) is 2.88. The minimum Gasteiger partial charge on any atom is -0.378 e. The van der Waals surface area contributed by atoms with Crippen molar-refractivity contribution in [3.8, 4) is 0 Å². The van der Waals surface area contributed by atoms with Crippen molar-refractivity contribution in [2.24, 2.45) is 0 Å². The number of amides is 1. The molecular weight excluding hydrogens is 314 g/mol. The Bertz CT molecular complexity index is 594. The van der Waals surface area contributed by atoms with Crippen LogP contribution in [-0.2, 0) is 18.6 Å². The van der Waals surface area contributed by atoms with E-state index in [2.05, 4.69) is 5.32 Å². The van der Waals surface area contributed by atoms with Crippen molar-refractivity contribution in [2.75, 3.05) is 6.61 Å². The number of hydrogen-bond acceptors (Lipinski definition) is 4. The van der Waals surface area contributed by atoms with Gasteiger partial charge in [0.15, 0.2) is 0 Å². The third-order valence-corrected chi connectivity index (χ3v) is 4.85. The molecule has 0 spiro atoms. The van der Waals surface area contributed by atoms with Crippen LogP contribution in [0.2, 0.25) is 0 Å². The standard InChI is InChI=1S/C14H18ClNO4S/c1-10(16-14(17)9-12-3-2-8-20-12)11-4-6-13(7-5-11)21(15,18)19/h4-7,10,12H,2-3,8-9H2,1H3,(H,16,17). The van der Waals surface area contributed by atoms with Crippen molar-refractivity contribution in [3.63, 3.8) is 0 Å². The van der Waals surface area contributed by atoms with E-state index < -0.39 is 9.05 Å². The molecule has 1 aromatic rings. The Labute approximate surface area is 129 Å². The number of carbonyl (C=O) groups is 1. The van der Waals surface area contributed by atoms with E-state index in [1.165, 1.54) is 12.1 Å². The van der Waals surface area contributed by atoms with Crippen LogP contribution >= 0.6 is 10.7 Å². The third-order valence-electron chi connectivity index (χ3n) is 3.48. The van der Waals surface area contributed by atoms with Gasteiger partial charge in [0.2, 0.25) is 5.91 Å². The molecule has 1 aromatic carbocycles. The van der Waals surface area contributed by atoms with E-state index in [0.29, 0.717) is 6.42 Å². The lowest BCUT2D eigenvalue weighted by Gasteiger charge is -2.16. The van der Waals surface area contributed by atoms with Gasteiger partial charge in [0, 0.05) is 17.3 Å². The maximum absolute atomic E-state index is 11.9. The maximum Gasteiger partial charge on any atom is 0.261 e. The van der Waals surface area contributed by atoms with Crippen LogP contribution in [-0.4, -0.2) is 27.0 Å². The Balaban J connectivity index is 1.93. The van der Waals surface area contributed by atoms with E-state index in [-0.39, 0.29) is 22.9 Å². The number of halogens is 1. The fraction of sp³-hybridized carbons (Fsp3) is 0.500. The highest BCUT2D eigenvalue weighted by Crippen LogP contribution is 2.20. The fourth-order valence-electron chi connectivity index (χ4n) is 2.31. The van der Waals surface area contributed by atoms with E-state index in [1.807, 2.05) is 6.92 Å². The molecule has 116 valence electrons. The number of hydrogen-bond donors (Lipinski definition) is 1. The van der Waals surface area contributed by atoms with Crippen LogP contribution in [0.4, 0.5) is 0 Å². The minimum absolute atomic E-state index is 0.0148. The first-order valence-corrected chi connectivity index (χ1v) is 9.13. The first kappa shape index (κ1) is 16.3. The van der Waals surface area contributed by atoms with Gasteiger partial charge in [-0.2, -0.15) is 0 Å². The molecule has 21 heavy (non-hydrogen) atoms. The second kappa shape index (κ2) is 6.77. The Morgan fingerprint density at radius 1 is 1.43 bits per heavy atom. The smallest absolute Gasteiger partial charge is 0.261 e. The largest absolute Gasteiger partial charge is 0.378 e. The molecule has 0 aliphatic carbocycles. The molecule has 1 N–H and O–H groups in total. The zero-order valence-corrected chi connectivity index (χ0v) is 13.3. The van der Waals surface area contributed by atoms with E-state index >= 15 is 0 Å². The SMILES string of the molecule is CC(NC(=O)CC1CCCO1)c1ccc(S(=O)(=O)Cl)cc1. The molecule has 1 saturated heterocycles. The van der Waals surface area contributed by atoms with Gasteiger partial charge in [-0.3, -0.25) is 4.79 Å². The van der Waals surface area contributed by atoms with Crippen LogP contribution in [0.3, 0.4) is 0 Å². The molecule has 2 rings (SSSR count). The lowest BCUT2D eigenvalue weighted by Crippen LogP contribution is -2.29. The summed E-state index contributed by atoms with van der Waals surface area (Å²) in [6.07, 6.45) is 2.30. The highest BCUT2D eigenvalue weighted by molar-refractivity contribution is 8.13. The van der Waals surface area contributed by atoms with Gasteiger partial charge >= 0.3 is 0 Å². The second-order valence-electron chi connectivity index (χ2n) is 5.14. The van der Waals surface area contributed by atoms with E-state index in [1.54, 1.807) is 12.1 Å². The predicted molar refractivity (Wildman–Crippen MR) is 79.6 cm³/mol. The molecule has 2 unspecified atom stereocenters. The molecule has 1 aliphatic rings. The fourth-order valence-corrected chi connectivity index (χ4v) is 3.08. The molecule has 0 bridgehead atoms. The lowest BCUT2D eigenvalue weighted by atomic mass is 10.1. The normalized spacial score (nSPS) is 20.2. The van der Waals surface area contributed by atoms with Gasteiger partial charge in [-0.25, -0.2) is 8.42 Å². The number of benzene rings is 1. The van der Waals surface area contributed by atoms with Crippen molar-refractivity contribution in [1.82, 2.24) is 5.32 Å². The first-order chi connectivity index (χ1) is 9.86. The van der Waals surface area contributed by atoms with Gasteiger partial charge in [0.25, 0.3) is 9.05 Å². The van der Waals surface area contributed by atoms with Gasteiger partial charge in [-0.05, 0) is 37.5 Å². The van der Waals surface area contributed by atoms with E-state index in [4.69, 9.17) is 15.4 Å². The first-order valence-electron chi connectivity index (χ1n) is 6.82. The number of ether oxygens (including phenoxy) is 1. The summed E-state index contributed by atoms with van der Waals surface area (Å²) in [6.45, 7) is 2.57. The molecular formula is C14H18ClNO4S. The van der Waals surface area contributed by atoms with Crippen molar-refractivity contribution in [3.05, 3.63) is 29.8 Å². The van der Waals surface area contributed by atoms with Gasteiger partial charge in [0.1, 0.15) is 0 Å². The molecule has 1 fully saturated rings. The number of rotatable bonds is 5. The predicted octanol–water partition coefficient (Wildman–Crippen LogP) is 2.36. The number of carbonyl (C=O) groups excluding carboxylic acids is 1. The van der Waals surface area contributed by atoms with Crippen molar-refractivity contribution in [2.45, 2.75) is 43.2 Å². The molecule has 0 aromatic heterocycles. The summed E-state index contributed by atoms with van der Waals surface area (Å²) in [4.78, 5) is 11.9. The summed E-state index contributed by atoms with van der Waals surface area (Å²) in [6, 6.07) is 5.95. The molecule has 2 atom stereocenters. The zero-order chi connectivity index (χ0) is 15.5. The van der Waals surface area contributed by atoms with Crippen LogP contribution in [0.15, 0.2) is 29.2 Å². The van der Waals surface area contributed by atoms with E-state index in [9.17, 15) is 13.2 Å². The van der Waals surface area contributed by atoms with Gasteiger partial charge < -0.3 is 10.1 Å². The maximum atomic E-state index is 11.9. The number of nitrogens with one attached hydrogen (secondary N) is 1. The van der Waals surface area contributed by atoms with Crippen molar-refractivity contribution in [1.29, 1.82) is 0 Å². The second-order valence-corrected chi connectivity index (χ2v) is 7.70. The highest BCUT2D eigenvalue weighted by atomic mass is 35.7.